The Kier molecular flexibility index (Phi) is 6.52. The zero-order chi connectivity index (χ0) is 8.20. The van der Waals surface area contributed by atoms with Crippen LogP contribution in [-0.4, -0.2) is 16.6 Å². The van der Waals surface area contributed by atoms with Gasteiger partial charge in [0.15, 0.2) is 0 Å². The van der Waals surface area contributed by atoms with E-state index in [1.54, 1.807) is 0 Å². The maximum atomic E-state index is 10.0. The molecule has 0 spiro atoms. The Bertz CT molecular complexity index is 120. The number of carbonyl (C=O) groups is 1. The third kappa shape index (κ3) is 12.8. The van der Waals surface area contributed by atoms with Crippen molar-refractivity contribution in [3.8, 4) is 0 Å². The summed E-state index contributed by atoms with van der Waals surface area (Å²) in [5, 5.41) is 8.27. The highest BCUT2D eigenvalue weighted by Gasteiger charge is 2.10. The van der Waals surface area contributed by atoms with Crippen molar-refractivity contribution in [3.63, 3.8) is 0 Å². The molecule has 3 nitrogen and oxygen atoms in total. The fraction of sp³-hybridized carbons (Fsp3) is 0.857. The van der Waals surface area contributed by atoms with Gasteiger partial charge in [-0.1, -0.05) is 0 Å². The van der Waals surface area contributed by atoms with E-state index in [1.807, 2.05) is 13.8 Å². The second-order valence-electron chi connectivity index (χ2n) is 3.24. The third-order valence-electron chi connectivity index (χ3n) is 1.21. The number of hydrogen-bond acceptors (Lipinski definition) is 2. The van der Waals surface area contributed by atoms with Crippen molar-refractivity contribution in [1.82, 2.24) is 0 Å². The highest BCUT2D eigenvalue weighted by atomic mass is 35.5. The fourth-order valence-corrected chi connectivity index (χ4v) is 0.695. The van der Waals surface area contributed by atoms with Crippen molar-refractivity contribution in [3.05, 3.63) is 0 Å². The molecule has 0 bridgehead atoms. The topological polar surface area (TPSA) is 63.3 Å². The van der Waals surface area contributed by atoms with Gasteiger partial charge in [0.05, 0.1) is 0 Å². The van der Waals surface area contributed by atoms with Gasteiger partial charge in [0.1, 0.15) is 0 Å². The molecule has 11 heavy (non-hydrogen) atoms. The van der Waals surface area contributed by atoms with Gasteiger partial charge in [-0.3, -0.25) is 4.79 Å². The summed E-state index contributed by atoms with van der Waals surface area (Å²) in [4.78, 5) is 10.0. The zero-order valence-corrected chi connectivity index (χ0v) is 7.78. The van der Waals surface area contributed by atoms with Crippen LogP contribution >= 0.6 is 12.4 Å². The molecule has 0 aliphatic rings. The molecule has 68 valence electrons. The molecule has 0 radical (unpaired) electrons. The minimum Gasteiger partial charge on any atom is -0.481 e. The molecule has 0 heterocycles. The van der Waals surface area contributed by atoms with E-state index in [0.29, 0.717) is 6.42 Å². The Hall–Kier alpha value is -0.280. The number of carboxylic acids is 1. The molecule has 3 N–H and O–H groups in total. The summed E-state index contributed by atoms with van der Waals surface area (Å²) >= 11 is 0. The van der Waals surface area contributed by atoms with E-state index < -0.39 is 5.97 Å². The first-order chi connectivity index (χ1) is 4.42. The fourth-order valence-electron chi connectivity index (χ4n) is 0.695. The second kappa shape index (κ2) is 5.38. The zero-order valence-electron chi connectivity index (χ0n) is 6.96. The van der Waals surface area contributed by atoms with Crippen LogP contribution in [0.4, 0.5) is 0 Å². The lowest BCUT2D eigenvalue weighted by Gasteiger charge is -2.16. The van der Waals surface area contributed by atoms with E-state index >= 15 is 0 Å². The van der Waals surface area contributed by atoms with Crippen molar-refractivity contribution >= 4 is 18.4 Å². The molecule has 0 aromatic heterocycles. The summed E-state index contributed by atoms with van der Waals surface area (Å²) in [6.45, 7) is 3.80. The Balaban J connectivity index is 0. The van der Waals surface area contributed by atoms with E-state index in [4.69, 9.17) is 10.8 Å². The monoisotopic (exact) mass is 181 g/mol. The number of nitrogens with two attached hydrogens (primary N) is 1. The van der Waals surface area contributed by atoms with Crippen LogP contribution in [0.5, 0.6) is 0 Å². The maximum Gasteiger partial charge on any atom is 0.303 e. The van der Waals surface area contributed by atoms with Crippen molar-refractivity contribution in [2.45, 2.75) is 38.6 Å². The molecule has 0 fully saturated rings. The summed E-state index contributed by atoms with van der Waals surface area (Å²) in [5.41, 5.74) is 5.40. The molecule has 0 saturated carbocycles. The van der Waals surface area contributed by atoms with Crippen LogP contribution in [0.1, 0.15) is 33.1 Å². The summed E-state index contributed by atoms with van der Waals surface area (Å²) < 4.78 is 0. The van der Waals surface area contributed by atoms with Gasteiger partial charge in [0.2, 0.25) is 0 Å². The van der Waals surface area contributed by atoms with E-state index in [2.05, 4.69) is 0 Å². The highest BCUT2D eigenvalue weighted by Crippen LogP contribution is 2.08. The lowest BCUT2D eigenvalue weighted by molar-refractivity contribution is -0.137. The number of hydrogen-bond donors (Lipinski definition) is 2. The molecule has 0 aromatic carbocycles. The van der Waals surface area contributed by atoms with Crippen LogP contribution < -0.4 is 5.73 Å². The van der Waals surface area contributed by atoms with Crippen molar-refractivity contribution in [2.24, 2.45) is 5.73 Å². The van der Waals surface area contributed by atoms with Gasteiger partial charge >= 0.3 is 5.97 Å². The van der Waals surface area contributed by atoms with Gasteiger partial charge in [0.25, 0.3) is 0 Å². The lowest BCUT2D eigenvalue weighted by Crippen LogP contribution is -2.31. The molecule has 4 heteroatoms. The molecule has 0 saturated heterocycles. The molecule has 0 unspecified atom stereocenters. The first kappa shape index (κ1) is 13.3. The summed E-state index contributed by atoms with van der Waals surface area (Å²) in [7, 11) is 0. The summed E-state index contributed by atoms with van der Waals surface area (Å²) in [6.07, 6.45) is 1.65. The van der Waals surface area contributed by atoms with Gasteiger partial charge in [-0.25, -0.2) is 0 Å². The number of halogens is 1. The van der Waals surface area contributed by atoms with Crippen molar-refractivity contribution < 1.29 is 9.90 Å². The molecule has 0 aliphatic heterocycles. The molecule has 0 rings (SSSR count). The summed E-state index contributed by atoms with van der Waals surface area (Å²) in [6, 6.07) is 0. The predicted molar refractivity (Wildman–Crippen MR) is 47.0 cm³/mol. The van der Waals surface area contributed by atoms with Gasteiger partial charge in [-0.15, -0.1) is 12.4 Å². The van der Waals surface area contributed by atoms with E-state index in [-0.39, 0.29) is 24.4 Å². The van der Waals surface area contributed by atoms with Gasteiger partial charge < -0.3 is 10.8 Å². The second-order valence-corrected chi connectivity index (χ2v) is 3.24. The number of rotatable bonds is 4. The van der Waals surface area contributed by atoms with Crippen LogP contribution in [0.25, 0.3) is 0 Å². The Labute approximate surface area is 73.4 Å². The molecule has 0 amide bonds. The smallest absolute Gasteiger partial charge is 0.303 e. The van der Waals surface area contributed by atoms with Gasteiger partial charge in [-0.05, 0) is 26.7 Å². The maximum absolute atomic E-state index is 10.0. The average molecular weight is 182 g/mol. The van der Waals surface area contributed by atoms with Crippen LogP contribution in [0.2, 0.25) is 0 Å². The van der Waals surface area contributed by atoms with E-state index in [9.17, 15) is 4.79 Å². The third-order valence-corrected chi connectivity index (χ3v) is 1.21. The molecule has 0 aliphatic carbocycles. The Morgan fingerprint density at radius 3 is 2.27 bits per heavy atom. The first-order valence-electron chi connectivity index (χ1n) is 3.42. The largest absolute Gasteiger partial charge is 0.481 e. The Morgan fingerprint density at radius 1 is 1.55 bits per heavy atom. The normalized spacial score (nSPS) is 10.5. The quantitative estimate of drug-likeness (QED) is 0.689. The predicted octanol–water partition coefficient (Wildman–Crippen LogP) is 1.40. The van der Waals surface area contributed by atoms with Gasteiger partial charge in [0, 0.05) is 12.0 Å². The molecular weight excluding hydrogens is 166 g/mol. The standard InChI is InChI=1S/C7H15NO2.ClH/c1-7(2,8)5-3-4-6(9)10;/h3-5,8H2,1-2H3,(H,9,10);1H. The van der Waals surface area contributed by atoms with Crippen LogP contribution in [0.15, 0.2) is 0 Å². The van der Waals surface area contributed by atoms with Crippen molar-refractivity contribution in [1.29, 1.82) is 0 Å². The van der Waals surface area contributed by atoms with Crippen LogP contribution in [-0.2, 0) is 4.79 Å². The molecule has 0 atom stereocenters. The van der Waals surface area contributed by atoms with Crippen LogP contribution in [0, 0.1) is 0 Å². The number of carboxylic acid groups (broad SMARTS) is 1. The lowest BCUT2D eigenvalue weighted by atomic mass is 9.99. The SMILES string of the molecule is CC(C)(N)CCCC(=O)O.Cl. The minimum atomic E-state index is -0.746. The number of aliphatic carboxylic acids is 1. The van der Waals surface area contributed by atoms with E-state index in [0.717, 1.165) is 6.42 Å². The molecular formula is C7H16ClNO2. The highest BCUT2D eigenvalue weighted by molar-refractivity contribution is 5.85. The molecule has 0 aromatic rings. The van der Waals surface area contributed by atoms with Crippen molar-refractivity contribution in [2.75, 3.05) is 0 Å². The average Bonchev–Trinajstić information content (AvgIpc) is 1.59. The van der Waals surface area contributed by atoms with E-state index in [1.165, 1.54) is 0 Å². The minimum absolute atomic E-state index is 0. The van der Waals surface area contributed by atoms with Crippen LogP contribution in [0.3, 0.4) is 0 Å². The summed E-state index contributed by atoms with van der Waals surface area (Å²) in [5.74, 6) is -0.746. The Morgan fingerprint density at radius 2 is 2.00 bits per heavy atom. The van der Waals surface area contributed by atoms with Gasteiger partial charge in [-0.2, -0.15) is 0 Å². The first-order valence-corrected chi connectivity index (χ1v) is 3.42.